The second-order valence-electron chi connectivity index (χ2n) is 7.96. The average molecular weight is 425 g/mol. The molecule has 1 amide bonds. The molecule has 28 heavy (non-hydrogen) atoms. The van der Waals surface area contributed by atoms with Crippen molar-refractivity contribution in [2.45, 2.75) is 56.7 Å². The molecule has 0 saturated carbocycles. The summed E-state index contributed by atoms with van der Waals surface area (Å²) in [5.74, 6) is -1.48. The Hall–Kier alpha value is -1.78. The highest BCUT2D eigenvalue weighted by Gasteiger charge is 2.35. The Bertz CT molecular complexity index is 797. The molecule has 0 N–H and O–H groups in total. The predicted octanol–water partition coefficient (Wildman–Crippen LogP) is 3.12. The number of rotatable bonds is 5. The van der Waals surface area contributed by atoms with Gasteiger partial charge in [0.2, 0.25) is 0 Å². The van der Waals surface area contributed by atoms with Crippen LogP contribution in [0.3, 0.4) is 0 Å². The maximum atomic E-state index is 14.7. The Morgan fingerprint density at radius 2 is 1.86 bits per heavy atom. The number of likely N-dealkylation sites (tertiary alicyclic amines) is 1. The molecule has 2 heterocycles. The van der Waals surface area contributed by atoms with Gasteiger partial charge in [-0.25, -0.2) is 26.4 Å². The van der Waals surface area contributed by atoms with E-state index < -0.39 is 56.4 Å². The SMILES string of the molecule is Cn1cc(S(=O)(=O)CC(F)C2CCN(C(=O)OC(C)(C)C)CC2)c(C(F)F)n1. The highest BCUT2D eigenvalue weighted by atomic mass is 32.2. The molecular formula is C17H26F3N3O4S. The summed E-state index contributed by atoms with van der Waals surface area (Å²) in [6, 6.07) is 0. The van der Waals surface area contributed by atoms with Gasteiger partial charge in [-0.15, -0.1) is 0 Å². The molecule has 160 valence electrons. The maximum Gasteiger partial charge on any atom is 0.410 e. The largest absolute Gasteiger partial charge is 0.444 e. The molecular weight excluding hydrogens is 399 g/mol. The lowest BCUT2D eigenvalue weighted by atomic mass is 9.93. The smallest absolute Gasteiger partial charge is 0.410 e. The van der Waals surface area contributed by atoms with Crippen molar-refractivity contribution in [3.8, 4) is 0 Å². The lowest BCUT2D eigenvalue weighted by Gasteiger charge is -2.34. The van der Waals surface area contributed by atoms with Crippen molar-refractivity contribution in [2.75, 3.05) is 18.8 Å². The molecule has 1 unspecified atom stereocenters. The van der Waals surface area contributed by atoms with Crippen LogP contribution in [0.2, 0.25) is 0 Å². The van der Waals surface area contributed by atoms with Crippen LogP contribution >= 0.6 is 0 Å². The maximum absolute atomic E-state index is 14.7. The fourth-order valence-electron chi connectivity index (χ4n) is 3.08. The monoisotopic (exact) mass is 425 g/mol. The number of aryl methyl sites for hydroxylation is 1. The molecule has 1 fully saturated rings. The van der Waals surface area contributed by atoms with Gasteiger partial charge >= 0.3 is 6.09 Å². The van der Waals surface area contributed by atoms with E-state index in [9.17, 15) is 26.4 Å². The quantitative estimate of drug-likeness (QED) is 0.724. The molecule has 1 saturated heterocycles. The molecule has 1 atom stereocenters. The van der Waals surface area contributed by atoms with Gasteiger partial charge in [0.05, 0.1) is 5.75 Å². The van der Waals surface area contributed by atoms with Crippen LogP contribution in [-0.2, 0) is 21.6 Å². The van der Waals surface area contributed by atoms with Crippen LogP contribution in [0.25, 0.3) is 0 Å². The van der Waals surface area contributed by atoms with E-state index in [0.717, 1.165) is 10.9 Å². The number of piperidine rings is 1. The van der Waals surface area contributed by atoms with Crippen LogP contribution in [0.4, 0.5) is 18.0 Å². The number of alkyl halides is 3. The van der Waals surface area contributed by atoms with Crippen LogP contribution in [0.1, 0.15) is 45.7 Å². The molecule has 0 spiro atoms. The number of aromatic nitrogens is 2. The van der Waals surface area contributed by atoms with Gasteiger partial charge in [-0.3, -0.25) is 4.68 Å². The predicted molar refractivity (Wildman–Crippen MR) is 95.6 cm³/mol. The molecule has 1 aliphatic rings. The number of ether oxygens (including phenoxy) is 1. The first-order chi connectivity index (χ1) is 12.8. The Morgan fingerprint density at radius 3 is 2.36 bits per heavy atom. The second kappa shape index (κ2) is 8.30. The fourth-order valence-corrected chi connectivity index (χ4v) is 4.71. The number of nitrogens with zero attached hydrogens (tertiary/aromatic N) is 3. The second-order valence-corrected chi connectivity index (χ2v) is 9.96. The van der Waals surface area contributed by atoms with E-state index in [1.807, 2.05) is 0 Å². The summed E-state index contributed by atoms with van der Waals surface area (Å²) in [6.45, 7) is 5.72. The van der Waals surface area contributed by atoms with Gasteiger partial charge in [0.15, 0.2) is 9.84 Å². The fraction of sp³-hybridized carbons (Fsp3) is 0.765. The van der Waals surface area contributed by atoms with Gasteiger partial charge in [0.25, 0.3) is 6.43 Å². The zero-order chi connectivity index (χ0) is 21.3. The normalized spacial score (nSPS) is 17.8. The minimum absolute atomic E-state index is 0.245. The molecule has 0 aliphatic carbocycles. The number of hydrogen-bond donors (Lipinski definition) is 0. The Morgan fingerprint density at radius 1 is 1.29 bits per heavy atom. The minimum Gasteiger partial charge on any atom is -0.444 e. The third-order valence-electron chi connectivity index (χ3n) is 4.45. The van der Waals surface area contributed by atoms with E-state index in [0.29, 0.717) is 0 Å². The summed E-state index contributed by atoms with van der Waals surface area (Å²) in [5.41, 5.74) is -1.51. The molecule has 2 rings (SSSR count). The first kappa shape index (κ1) is 22.5. The summed E-state index contributed by atoms with van der Waals surface area (Å²) in [5, 5.41) is 3.46. The Balaban J connectivity index is 1.99. The summed E-state index contributed by atoms with van der Waals surface area (Å²) < 4.78 is 71.8. The van der Waals surface area contributed by atoms with Crippen LogP contribution in [0.5, 0.6) is 0 Å². The highest BCUT2D eigenvalue weighted by Crippen LogP contribution is 2.30. The van der Waals surface area contributed by atoms with Gasteiger partial charge in [0, 0.05) is 26.3 Å². The van der Waals surface area contributed by atoms with E-state index in [-0.39, 0.29) is 25.9 Å². The zero-order valence-corrected chi connectivity index (χ0v) is 17.2. The lowest BCUT2D eigenvalue weighted by molar-refractivity contribution is 0.0151. The summed E-state index contributed by atoms with van der Waals surface area (Å²) >= 11 is 0. The number of halogens is 3. The van der Waals surface area contributed by atoms with Crippen molar-refractivity contribution in [2.24, 2.45) is 13.0 Å². The van der Waals surface area contributed by atoms with Gasteiger partial charge in [-0.1, -0.05) is 0 Å². The summed E-state index contributed by atoms with van der Waals surface area (Å²) in [6.07, 6.45) is -3.78. The minimum atomic E-state index is -4.26. The third-order valence-corrected chi connectivity index (χ3v) is 6.19. The van der Waals surface area contributed by atoms with Gasteiger partial charge in [0.1, 0.15) is 22.4 Å². The van der Waals surface area contributed by atoms with Crippen molar-refractivity contribution in [3.05, 3.63) is 11.9 Å². The van der Waals surface area contributed by atoms with E-state index in [4.69, 9.17) is 4.74 Å². The van der Waals surface area contributed by atoms with Crippen LogP contribution in [-0.4, -0.2) is 59.8 Å². The Labute approximate surface area is 162 Å². The van der Waals surface area contributed by atoms with Crippen LogP contribution in [0.15, 0.2) is 11.1 Å². The number of amides is 1. The van der Waals surface area contributed by atoms with E-state index in [2.05, 4.69) is 5.10 Å². The van der Waals surface area contributed by atoms with E-state index in [1.165, 1.54) is 11.9 Å². The highest BCUT2D eigenvalue weighted by molar-refractivity contribution is 7.91. The van der Waals surface area contributed by atoms with Crippen molar-refractivity contribution in [1.82, 2.24) is 14.7 Å². The lowest BCUT2D eigenvalue weighted by Crippen LogP contribution is -2.43. The number of sulfone groups is 1. The van der Waals surface area contributed by atoms with Crippen molar-refractivity contribution in [3.63, 3.8) is 0 Å². The standard InChI is InChI=1S/C17H26F3N3O4S/c1-17(2,3)27-16(24)23-7-5-11(6-8-23)12(18)10-28(25,26)13-9-22(4)21-14(13)15(19)20/h9,11-12,15H,5-8,10H2,1-4H3. The molecule has 11 heteroatoms. The molecule has 7 nitrogen and oxygen atoms in total. The van der Waals surface area contributed by atoms with Gasteiger partial charge < -0.3 is 9.64 Å². The third kappa shape index (κ3) is 5.62. The number of carbonyl (C=O) groups excluding carboxylic acids is 1. The molecule has 1 aromatic heterocycles. The molecule has 1 aliphatic heterocycles. The van der Waals surface area contributed by atoms with Crippen molar-refractivity contribution >= 4 is 15.9 Å². The number of carbonyl (C=O) groups is 1. The summed E-state index contributed by atoms with van der Waals surface area (Å²) in [4.78, 5) is 12.9. The first-order valence-electron chi connectivity index (χ1n) is 8.96. The molecule has 1 aromatic rings. The van der Waals surface area contributed by atoms with E-state index >= 15 is 0 Å². The Kier molecular flexibility index (Phi) is 6.67. The van der Waals surface area contributed by atoms with Crippen LogP contribution < -0.4 is 0 Å². The first-order valence-corrected chi connectivity index (χ1v) is 10.6. The van der Waals surface area contributed by atoms with Crippen molar-refractivity contribution in [1.29, 1.82) is 0 Å². The summed E-state index contributed by atoms with van der Waals surface area (Å²) in [7, 11) is -2.94. The molecule has 0 aromatic carbocycles. The average Bonchev–Trinajstić information content (AvgIpc) is 2.96. The topological polar surface area (TPSA) is 81.5 Å². The van der Waals surface area contributed by atoms with Gasteiger partial charge in [-0.2, -0.15) is 5.10 Å². The van der Waals surface area contributed by atoms with Gasteiger partial charge in [-0.05, 0) is 39.5 Å². The van der Waals surface area contributed by atoms with Crippen molar-refractivity contribution < 1.29 is 31.1 Å². The zero-order valence-electron chi connectivity index (χ0n) is 16.4. The molecule has 0 radical (unpaired) electrons. The van der Waals surface area contributed by atoms with Crippen LogP contribution in [0, 0.1) is 5.92 Å². The number of hydrogen-bond acceptors (Lipinski definition) is 5. The van der Waals surface area contributed by atoms with E-state index in [1.54, 1.807) is 20.8 Å². The molecule has 0 bridgehead atoms.